The number of nitrogens with zero attached hydrogens (tertiary/aromatic N) is 4. The van der Waals surface area contributed by atoms with Gasteiger partial charge in [-0.1, -0.05) is 6.92 Å². The number of H-pyrrole nitrogens is 1. The Balaban J connectivity index is 2.11. The molecule has 3 rings (SSSR count). The lowest BCUT2D eigenvalue weighted by Crippen LogP contribution is -1.87. The Morgan fingerprint density at radius 2 is 2.00 bits per heavy atom. The molecule has 2 aromatic heterocycles. The van der Waals surface area contributed by atoms with Crippen molar-refractivity contribution in [3.63, 3.8) is 0 Å². The van der Waals surface area contributed by atoms with Gasteiger partial charge in [-0.05, 0) is 30.7 Å². The molecule has 0 saturated carbocycles. The zero-order chi connectivity index (χ0) is 14.8. The van der Waals surface area contributed by atoms with E-state index in [1.54, 1.807) is 12.1 Å². The van der Waals surface area contributed by atoms with Crippen LogP contribution in [-0.4, -0.2) is 20.4 Å². The molecule has 0 bridgehead atoms. The number of halogens is 1. The first kappa shape index (κ1) is 13.4. The first-order valence-electron chi connectivity index (χ1n) is 6.29. The molecule has 21 heavy (non-hydrogen) atoms. The summed E-state index contributed by atoms with van der Waals surface area (Å²) in [4.78, 5) is 5.57. The van der Waals surface area contributed by atoms with Crippen LogP contribution in [0, 0.1) is 17.1 Å². The van der Waals surface area contributed by atoms with E-state index < -0.39 is 0 Å². The van der Waals surface area contributed by atoms with Crippen LogP contribution in [0.3, 0.4) is 0 Å². The van der Waals surface area contributed by atoms with Gasteiger partial charge < -0.3 is 0 Å². The van der Waals surface area contributed by atoms with Crippen molar-refractivity contribution in [2.45, 2.75) is 13.3 Å². The van der Waals surface area contributed by atoms with E-state index in [1.807, 2.05) is 13.0 Å². The molecule has 5 nitrogen and oxygen atoms in total. The number of aromatic amines is 1. The topological polar surface area (TPSA) is 78.2 Å². The zero-order valence-electron chi connectivity index (χ0n) is 11.1. The average Bonchev–Trinajstić information content (AvgIpc) is 3.13. The Hall–Kier alpha value is -2.59. The van der Waals surface area contributed by atoms with Crippen LogP contribution in [0.1, 0.15) is 17.5 Å². The van der Waals surface area contributed by atoms with Crippen LogP contribution in [-0.2, 0) is 6.42 Å². The molecule has 0 saturated heterocycles. The lowest BCUT2D eigenvalue weighted by molar-refractivity contribution is 0.628. The number of thiazole rings is 1. The molecule has 104 valence electrons. The minimum absolute atomic E-state index is 0.223. The summed E-state index contributed by atoms with van der Waals surface area (Å²) >= 11 is 1.51. The SMILES string of the molecule is CCc1sc(-c2ccc(F)cc2)nc1-c1n[nH]nc1C#N. The van der Waals surface area contributed by atoms with E-state index in [9.17, 15) is 4.39 Å². The van der Waals surface area contributed by atoms with E-state index in [-0.39, 0.29) is 11.5 Å². The van der Waals surface area contributed by atoms with Crippen molar-refractivity contribution in [3.05, 3.63) is 40.7 Å². The molecule has 0 spiro atoms. The zero-order valence-corrected chi connectivity index (χ0v) is 11.9. The molecule has 7 heteroatoms. The largest absolute Gasteiger partial charge is 0.234 e. The summed E-state index contributed by atoms with van der Waals surface area (Å²) in [5.74, 6) is -0.283. The Bertz CT molecular complexity index is 813. The number of rotatable bonds is 3. The number of hydrogen-bond donors (Lipinski definition) is 1. The molecule has 0 aliphatic rings. The number of nitriles is 1. The summed E-state index contributed by atoms with van der Waals surface area (Å²) in [6.45, 7) is 2.01. The first-order valence-corrected chi connectivity index (χ1v) is 7.11. The lowest BCUT2D eigenvalue weighted by atomic mass is 10.2. The maximum Gasteiger partial charge on any atom is 0.192 e. The highest BCUT2D eigenvalue weighted by Gasteiger charge is 2.19. The van der Waals surface area contributed by atoms with Crippen molar-refractivity contribution in [3.8, 4) is 28.0 Å². The molecule has 0 radical (unpaired) electrons. The van der Waals surface area contributed by atoms with Gasteiger partial charge in [0, 0.05) is 10.4 Å². The van der Waals surface area contributed by atoms with Crippen molar-refractivity contribution in [1.29, 1.82) is 5.26 Å². The molecule has 0 atom stereocenters. The summed E-state index contributed by atoms with van der Waals surface area (Å²) in [6.07, 6.45) is 0.770. The van der Waals surface area contributed by atoms with Gasteiger partial charge >= 0.3 is 0 Å². The summed E-state index contributed by atoms with van der Waals surface area (Å²) in [5, 5.41) is 20.1. The van der Waals surface area contributed by atoms with Crippen molar-refractivity contribution >= 4 is 11.3 Å². The summed E-state index contributed by atoms with van der Waals surface area (Å²) < 4.78 is 13.0. The van der Waals surface area contributed by atoms with Gasteiger partial charge in [-0.25, -0.2) is 9.37 Å². The third-order valence-corrected chi connectivity index (χ3v) is 4.24. The van der Waals surface area contributed by atoms with Gasteiger partial charge in [-0.15, -0.1) is 16.4 Å². The average molecular weight is 299 g/mol. The van der Waals surface area contributed by atoms with Crippen LogP contribution in [0.2, 0.25) is 0 Å². The van der Waals surface area contributed by atoms with E-state index in [4.69, 9.17) is 5.26 Å². The van der Waals surface area contributed by atoms with Crippen LogP contribution in [0.15, 0.2) is 24.3 Å². The lowest BCUT2D eigenvalue weighted by Gasteiger charge is -1.95. The predicted molar refractivity (Wildman–Crippen MR) is 77.0 cm³/mol. The highest BCUT2D eigenvalue weighted by atomic mass is 32.1. The van der Waals surface area contributed by atoms with Crippen LogP contribution < -0.4 is 0 Å². The molecule has 2 heterocycles. The van der Waals surface area contributed by atoms with Gasteiger partial charge in [0.1, 0.15) is 22.6 Å². The Morgan fingerprint density at radius 3 is 2.67 bits per heavy atom. The van der Waals surface area contributed by atoms with Crippen LogP contribution in [0.5, 0.6) is 0 Å². The van der Waals surface area contributed by atoms with E-state index in [1.165, 1.54) is 23.5 Å². The fourth-order valence-electron chi connectivity index (χ4n) is 1.97. The third-order valence-electron chi connectivity index (χ3n) is 2.99. The van der Waals surface area contributed by atoms with Gasteiger partial charge in [0.15, 0.2) is 11.4 Å². The fourth-order valence-corrected chi connectivity index (χ4v) is 2.97. The van der Waals surface area contributed by atoms with Gasteiger partial charge in [0.25, 0.3) is 0 Å². The molecule has 0 aliphatic heterocycles. The molecule has 3 aromatic rings. The standard InChI is InChI=1S/C14H10FN5S/c1-2-11-13(12-10(7-16)18-20-19-12)17-14(21-11)8-3-5-9(15)6-4-8/h3-6H,2H2,1H3,(H,18,19,20). The highest BCUT2D eigenvalue weighted by Crippen LogP contribution is 2.34. The summed E-state index contributed by atoms with van der Waals surface area (Å²) in [6, 6.07) is 8.17. The second kappa shape index (κ2) is 5.42. The second-order valence-corrected chi connectivity index (χ2v) is 5.37. The Kier molecular flexibility index (Phi) is 3.46. The minimum atomic E-state index is -0.283. The van der Waals surface area contributed by atoms with Gasteiger partial charge in [0.05, 0.1) is 0 Å². The van der Waals surface area contributed by atoms with Crippen molar-refractivity contribution < 1.29 is 4.39 Å². The van der Waals surface area contributed by atoms with Crippen molar-refractivity contribution in [2.75, 3.05) is 0 Å². The van der Waals surface area contributed by atoms with Crippen molar-refractivity contribution in [2.24, 2.45) is 0 Å². The number of aromatic nitrogens is 4. The maximum atomic E-state index is 13.0. The molecule has 0 aliphatic carbocycles. The maximum absolute atomic E-state index is 13.0. The molecular formula is C14H10FN5S. The molecule has 0 fully saturated rings. The van der Waals surface area contributed by atoms with E-state index in [2.05, 4.69) is 20.4 Å². The number of hydrogen-bond acceptors (Lipinski definition) is 5. The third kappa shape index (κ3) is 2.41. The highest BCUT2D eigenvalue weighted by molar-refractivity contribution is 7.15. The fraction of sp³-hybridized carbons (Fsp3) is 0.143. The summed E-state index contributed by atoms with van der Waals surface area (Å²) in [7, 11) is 0. The summed E-state index contributed by atoms with van der Waals surface area (Å²) in [5.41, 5.74) is 2.18. The number of nitrogens with one attached hydrogen (secondary N) is 1. The van der Waals surface area contributed by atoms with Crippen molar-refractivity contribution in [1.82, 2.24) is 20.4 Å². The molecule has 1 N–H and O–H groups in total. The van der Waals surface area contributed by atoms with E-state index in [0.717, 1.165) is 21.9 Å². The molecular weight excluding hydrogens is 289 g/mol. The van der Waals surface area contributed by atoms with Gasteiger partial charge in [-0.2, -0.15) is 15.6 Å². The second-order valence-electron chi connectivity index (χ2n) is 4.28. The van der Waals surface area contributed by atoms with Crippen LogP contribution >= 0.6 is 11.3 Å². The normalized spacial score (nSPS) is 10.5. The monoisotopic (exact) mass is 299 g/mol. The Labute approximate surface area is 124 Å². The van der Waals surface area contributed by atoms with Crippen LogP contribution in [0.25, 0.3) is 22.0 Å². The van der Waals surface area contributed by atoms with E-state index in [0.29, 0.717) is 11.4 Å². The molecule has 0 amide bonds. The Morgan fingerprint density at radius 1 is 1.24 bits per heavy atom. The predicted octanol–water partition coefficient (Wildman–Crippen LogP) is 3.17. The first-order chi connectivity index (χ1) is 10.2. The molecule has 1 aromatic carbocycles. The smallest absolute Gasteiger partial charge is 0.192 e. The van der Waals surface area contributed by atoms with Gasteiger partial charge in [-0.3, -0.25) is 0 Å². The van der Waals surface area contributed by atoms with Crippen LogP contribution in [0.4, 0.5) is 4.39 Å². The molecule has 0 unspecified atom stereocenters. The quantitative estimate of drug-likeness (QED) is 0.805. The minimum Gasteiger partial charge on any atom is -0.234 e. The van der Waals surface area contributed by atoms with E-state index >= 15 is 0 Å². The number of aryl methyl sites for hydroxylation is 1. The number of benzene rings is 1. The van der Waals surface area contributed by atoms with Gasteiger partial charge in [0.2, 0.25) is 0 Å².